The van der Waals surface area contributed by atoms with E-state index in [4.69, 9.17) is 16.7 Å². The molecule has 0 saturated heterocycles. The Morgan fingerprint density at radius 3 is 2.59 bits per heavy atom. The summed E-state index contributed by atoms with van der Waals surface area (Å²) in [6, 6.07) is 3.52. The first-order valence-electron chi connectivity index (χ1n) is 5.05. The second kappa shape index (κ2) is 5.51. The number of rotatable bonds is 5. The molecule has 94 valence electrons. The predicted molar refractivity (Wildman–Crippen MR) is 67.5 cm³/mol. The molecular formula is C11H14ClNO3S. The van der Waals surface area contributed by atoms with Gasteiger partial charge in [-0.3, -0.25) is 9.59 Å². The monoisotopic (exact) mass is 275 g/mol. The van der Waals surface area contributed by atoms with E-state index in [0.29, 0.717) is 4.34 Å². The maximum absolute atomic E-state index is 11.6. The van der Waals surface area contributed by atoms with E-state index in [0.717, 1.165) is 4.88 Å². The normalized spacial score (nSPS) is 11.2. The number of carbonyl (C=O) groups excluding carboxylic acids is 1. The summed E-state index contributed by atoms with van der Waals surface area (Å²) in [6.07, 6.45) is 0.229. The van der Waals surface area contributed by atoms with Crippen LogP contribution in [0.1, 0.15) is 18.7 Å². The third-order valence-electron chi connectivity index (χ3n) is 2.27. The summed E-state index contributed by atoms with van der Waals surface area (Å²) in [7, 11) is 0. The lowest BCUT2D eigenvalue weighted by molar-refractivity contribution is -0.146. The third-order valence-corrected chi connectivity index (χ3v) is 3.50. The highest BCUT2D eigenvalue weighted by Gasteiger charge is 2.27. The molecule has 1 heterocycles. The van der Waals surface area contributed by atoms with Gasteiger partial charge in [-0.25, -0.2) is 0 Å². The quantitative estimate of drug-likeness (QED) is 0.865. The molecule has 4 nitrogen and oxygen atoms in total. The smallest absolute Gasteiger partial charge is 0.310 e. The predicted octanol–water partition coefficient (Wildman–Crippen LogP) is 2.17. The van der Waals surface area contributed by atoms with Crippen molar-refractivity contribution >= 4 is 34.8 Å². The minimum absolute atomic E-state index is 0.111. The number of carboxylic acids is 1. The summed E-state index contributed by atoms with van der Waals surface area (Å²) in [4.78, 5) is 23.2. The van der Waals surface area contributed by atoms with Gasteiger partial charge in [0.15, 0.2) is 0 Å². The number of amides is 1. The van der Waals surface area contributed by atoms with Crippen LogP contribution in [0.3, 0.4) is 0 Å². The van der Waals surface area contributed by atoms with E-state index < -0.39 is 11.4 Å². The van der Waals surface area contributed by atoms with Crippen LogP contribution in [0.2, 0.25) is 4.34 Å². The van der Waals surface area contributed by atoms with Crippen LogP contribution in [0.4, 0.5) is 0 Å². The van der Waals surface area contributed by atoms with Crippen molar-refractivity contribution in [2.24, 2.45) is 5.41 Å². The first-order chi connectivity index (χ1) is 7.81. The Morgan fingerprint density at radius 2 is 2.12 bits per heavy atom. The maximum Gasteiger partial charge on any atom is 0.310 e. The van der Waals surface area contributed by atoms with E-state index in [1.807, 2.05) is 0 Å². The lowest BCUT2D eigenvalue weighted by Crippen LogP contribution is -2.39. The van der Waals surface area contributed by atoms with Gasteiger partial charge >= 0.3 is 5.97 Å². The van der Waals surface area contributed by atoms with Gasteiger partial charge < -0.3 is 10.4 Å². The number of carboxylic acid groups (broad SMARTS) is 1. The first kappa shape index (κ1) is 14.0. The summed E-state index contributed by atoms with van der Waals surface area (Å²) in [5.74, 6) is -1.13. The molecule has 0 fully saturated rings. The molecule has 0 spiro atoms. The fourth-order valence-corrected chi connectivity index (χ4v) is 2.15. The molecule has 6 heteroatoms. The fourth-order valence-electron chi connectivity index (χ4n) is 1.06. The largest absolute Gasteiger partial charge is 0.481 e. The topological polar surface area (TPSA) is 66.4 Å². The van der Waals surface area contributed by atoms with Crippen molar-refractivity contribution in [2.45, 2.75) is 20.3 Å². The first-order valence-corrected chi connectivity index (χ1v) is 6.25. The number of hydrogen-bond donors (Lipinski definition) is 2. The van der Waals surface area contributed by atoms with Gasteiger partial charge in [0.05, 0.1) is 16.2 Å². The minimum Gasteiger partial charge on any atom is -0.481 e. The summed E-state index contributed by atoms with van der Waals surface area (Å²) >= 11 is 7.09. The number of aliphatic carboxylic acids is 1. The molecule has 0 radical (unpaired) electrons. The zero-order chi connectivity index (χ0) is 13.1. The molecule has 0 aliphatic carbocycles. The zero-order valence-corrected chi connectivity index (χ0v) is 11.2. The Labute approximate surface area is 109 Å². The lowest BCUT2D eigenvalue weighted by Gasteiger charge is -2.19. The van der Waals surface area contributed by atoms with E-state index in [1.54, 1.807) is 26.0 Å². The molecule has 0 aliphatic rings. The van der Waals surface area contributed by atoms with E-state index in [9.17, 15) is 9.59 Å². The Kier molecular flexibility index (Phi) is 4.54. The average molecular weight is 276 g/mol. The highest BCUT2D eigenvalue weighted by molar-refractivity contribution is 7.16. The number of carbonyl (C=O) groups is 2. The van der Waals surface area contributed by atoms with Crippen molar-refractivity contribution in [3.05, 3.63) is 21.3 Å². The molecule has 1 amide bonds. The molecule has 2 N–H and O–H groups in total. The van der Waals surface area contributed by atoms with Gasteiger partial charge in [0.1, 0.15) is 0 Å². The van der Waals surface area contributed by atoms with Crippen LogP contribution in [-0.2, 0) is 16.0 Å². The van der Waals surface area contributed by atoms with E-state index in [1.165, 1.54) is 11.3 Å². The van der Waals surface area contributed by atoms with Crippen LogP contribution in [0, 0.1) is 5.41 Å². The summed E-state index contributed by atoms with van der Waals surface area (Å²) in [5, 5.41) is 11.5. The van der Waals surface area contributed by atoms with Crippen molar-refractivity contribution in [1.29, 1.82) is 0 Å². The van der Waals surface area contributed by atoms with Crippen molar-refractivity contribution < 1.29 is 14.7 Å². The van der Waals surface area contributed by atoms with Gasteiger partial charge in [-0.15, -0.1) is 11.3 Å². The highest BCUT2D eigenvalue weighted by atomic mass is 35.5. The molecule has 0 saturated carbocycles. The fraction of sp³-hybridized carbons (Fsp3) is 0.455. The molecule has 1 aromatic rings. The van der Waals surface area contributed by atoms with Crippen molar-refractivity contribution in [1.82, 2.24) is 5.32 Å². The lowest BCUT2D eigenvalue weighted by atomic mass is 9.94. The molecule has 17 heavy (non-hydrogen) atoms. The van der Waals surface area contributed by atoms with Crippen LogP contribution >= 0.6 is 22.9 Å². The highest BCUT2D eigenvalue weighted by Crippen LogP contribution is 2.21. The zero-order valence-electron chi connectivity index (χ0n) is 9.62. The number of thiophene rings is 1. The Morgan fingerprint density at radius 1 is 1.47 bits per heavy atom. The number of nitrogens with one attached hydrogen (secondary N) is 1. The summed E-state index contributed by atoms with van der Waals surface area (Å²) in [5.41, 5.74) is -0.956. The Bertz CT molecular complexity index is 428. The third kappa shape index (κ3) is 4.36. The van der Waals surface area contributed by atoms with Crippen molar-refractivity contribution in [3.63, 3.8) is 0 Å². The molecule has 1 rings (SSSR count). The molecule has 1 aromatic heterocycles. The summed E-state index contributed by atoms with van der Waals surface area (Å²) < 4.78 is 0.638. The maximum atomic E-state index is 11.6. The average Bonchev–Trinajstić information content (AvgIpc) is 2.61. The molecule has 0 aliphatic heterocycles. The van der Waals surface area contributed by atoms with Crippen molar-refractivity contribution in [3.8, 4) is 0 Å². The van der Waals surface area contributed by atoms with E-state index >= 15 is 0 Å². The van der Waals surface area contributed by atoms with Crippen LogP contribution < -0.4 is 5.32 Å². The van der Waals surface area contributed by atoms with Gasteiger partial charge in [0, 0.05) is 11.4 Å². The van der Waals surface area contributed by atoms with Gasteiger partial charge in [-0.2, -0.15) is 0 Å². The summed E-state index contributed by atoms with van der Waals surface area (Å²) in [6.45, 7) is 3.25. The van der Waals surface area contributed by atoms with Gasteiger partial charge in [-0.05, 0) is 26.0 Å². The minimum atomic E-state index is -0.956. The Balaban J connectivity index is 2.43. The Hall–Kier alpha value is -1.07. The van der Waals surface area contributed by atoms with Crippen LogP contribution in [0.5, 0.6) is 0 Å². The molecule has 0 bridgehead atoms. The van der Waals surface area contributed by atoms with Gasteiger partial charge in [-0.1, -0.05) is 11.6 Å². The second-order valence-electron chi connectivity index (χ2n) is 4.35. The molecule has 0 atom stereocenters. The van der Waals surface area contributed by atoms with E-state index in [-0.39, 0.29) is 18.9 Å². The number of hydrogen-bond acceptors (Lipinski definition) is 3. The van der Waals surface area contributed by atoms with Gasteiger partial charge in [0.25, 0.3) is 0 Å². The number of halogens is 1. The molecule has 0 aromatic carbocycles. The van der Waals surface area contributed by atoms with Crippen LogP contribution in [-0.4, -0.2) is 23.5 Å². The van der Waals surface area contributed by atoms with E-state index in [2.05, 4.69) is 5.32 Å². The molecule has 0 unspecified atom stereocenters. The second-order valence-corrected chi connectivity index (χ2v) is 6.15. The van der Waals surface area contributed by atoms with Crippen molar-refractivity contribution in [2.75, 3.05) is 6.54 Å². The van der Waals surface area contributed by atoms with Gasteiger partial charge in [0.2, 0.25) is 5.91 Å². The van der Waals surface area contributed by atoms with Crippen LogP contribution in [0.25, 0.3) is 0 Å². The standard InChI is InChI=1S/C11H14ClNO3S/c1-11(2,10(15)16)6-13-9(14)5-7-3-4-8(12)17-7/h3-4H,5-6H2,1-2H3,(H,13,14)(H,15,16). The molecular weight excluding hydrogens is 262 g/mol. The van der Waals surface area contributed by atoms with Crippen LogP contribution in [0.15, 0.2) is 12.1 Å². The SMILES string of the molecule is CC(C)(CNC(=O)Cc1ccc(Cl)s1)C(=O)O.